The highest BCUT2D eigenvalue weighted by Gasteiger charge is 2.07. The van der Waals surface area contributed by atoms with Crippen LogP contribution in [0.3, 0.4) is 0 Å². The Kier molecular flexibility index (Phi) is 6.62. The van der Waals surface area contributed by atoms with Crippen molar-refractivity contribution >= 4 is 16.1 Å². The highest BCUT2D eigenvalue weighted by atomic mass is 32.2. The van der Waals surface area contributed by atoms with E-state index in [1.54, 1.807) is 6.08 Å². The average Bonchev–Trinajstić information content (AvgIpc) is 2.55. The van der Waals surface area contributed by atoms with Gasteiger partial charge in [0.05, 0.1) is 26.3 Å². The summed E-state index contributed by atoms with van der Waals surface area (Å²) in [4.78, 5) is 2.18. The number of sulfonamides is 1. The maximum absolute atomic E-state index is 11.8. The summed E-state index contributed by atoms with van der Waals surface area (Å²) in [5.41, 5.74) is 0.839. The van der Waals surface area contributed by atoms with Gasteiger partial charge < -0.3 is 4.74 Å². The highest BCUT2D eigenvalue weighted by Crippen LogP contribution is 2.02. The monoisotopic (exact) mass is 320 g/mol. The molecule has 5 nitrogen and oxygen atoms in total. The zero-order chi connectivity index (χ0) is 15.7. The molecule has 0 atom stereocenters. The number of ether oxygens (including phenoxy) is 1. The highest BCUT2D eigenvalue weighted by molar-refractivity contribution is 7.92. The molecule has 6 heteroatoms. The molecule has 0 bridgehead atoms. The Labute approximate surface area is 132 Å². The van der Waals surface area contributed by atoms with E-state index < -0.39 is 10.0 Å². The van der Waals surface area contributed by atoms with Crippen molar-refractivity contribution in [2.24, 2.45) is 0 Å². The van der Waals surface area contributed by atoms with Gasteiger partial charge in [-0.1, -0.05) is 42.2 Å². The summed E-state index contributed by atoms with van der Waals surface area (Å²) in [6, 6.07) is 9.28. The summed E-state index contributed by atoms with van der Waals surface area (Å²) in [6.07, 6.45) is 1.56. The Balaban J connectivity index is 1.74. The van der Waals surface area contributed by atoms with Crippen molar-refractivity contribution in [1.82, 2.24) is 9.62 Å². The van der Waals surface area contributed by atoms with Gasteiger partial charge in [0.2, 0.25) is 10.0 Å². The van der Waals surface area contributed by atoms with E-state index in [4.69, 9.17) is 4.74 Å². The van der Waals surface area contributed by atoms with Crippen molar-refractivity contribution in [1.29, 1.82) is 0 Å². The van der Waals surface area contributed by atoms with Gasteiger partial charge in [-0.3, -0.25) is 4.90 Å². The van der Waals surface area contributed by atoms with Crippen LogP contribution in [-0.4, -0.2) is 52.7 Å². The lowest BCUT2D eigenvalue weighted by Crippen LogP contribution is -2.36. The number of benzene rings is 1. The molecule has 0 aromatic heterocycles. The molecule has 1 aliphatic rings. The minimum atomic E-state index is -3.45. The third kappa shape index (κ3) is 6.41. The summed E-state index contributed by atoms with van der Waals surface area (Å²) < 4.78 is 31.2. The van der Waals surface area contributed by atoms with Crippen LogP contribution >= 0.6 is 0 Å². The van der Waals surface area contributed by atoms with Gasteiger partial charge in [-0.2, -0.15) is 4.72 Å². The van der Waals surface area contributed by atoms with E-state index in [9.17, 15) is 8.42 Å². The molecule has 0 aliphatic carbocycles. The third-order valence-corrected chi connectivity index (χ3v) is 4.17. The van der Waals surface area contributed by atoms with Crippen molar-refractivity contribution < 1.29 is 13.2 Å². The third-order valence-electron chi connectivity index (χ3n) is 3.13. The van der Waals surface area contributed by atoms with E-state index in [0.717, 1.165) is 37.3 Å². The van der Waals surface area contributed by atoms with E-state index in [2.05, 4.69) is 21.5 Å². The molecule has 1 aromatic rings. The molecule has 1 saturated heterocycles. The normalized spacial score (nSPS) is 16.4. The van der Waals surface area contributed by atoms with Gasteiger partial charge in [0, 0.05) is 18.5 Å². The van der Waals surface area contributed by atoms with Crippen LogP contribution in [0.4, 0.5) is 0 Å². The fraction of sp³-hybridized carbons (Fsp3) is 0.375. The number of nitrogens with zero attached hydrogens (tertiary/aromatic N) is 1. The Morgan fingerprint density at radius 2 is 1.91 bits per heavy atom. The quantitative estimate of drug-likeness (QED) is 0.820. The average molecular weight is 320 g/mol. The van der Waals surface area contributed by atoms with Crippen molar-refractivity contribution in [2.45, 2.75) is 0 Å². The smallest absolute Gasteiger partial charge is 0.234 e. The van der Waals surface area contributed by atoms with Crippen molar-refractivity contribution in [2.75, 3.05) is 39.4 Å². The van der Waals surface area contributed by atoms with Crippen LogP contribution in [0.25, 0.3) is 6.08 Å². The molecular weight excluding hydrogens is 300 g/mol. The standard InChI is InChI=1S/C16H20N2O3S/c19-22(20,15-8-16-6-2-1-3-7-16)17-9-4-5-10-18-11-13-21-14-12-18/h1-3,6-8,15,17H,9-14H2/b15-8+. The molecule has 1 aromatic carbocycles. The lowest BCUT2D eigenvalue weighted by Gasteiger charge is -2.24. The number of rotatable bonds is 5. The first-order valence-corrected chi connectivity index (χ1v) is 8.69. The second kappa shape index (κ2) is 8.71. The topological polar surface area (TPSA) is 58.6 Å². The van der Waals surface area contributed by atoms with E-state index in [1.165, 1.54) is 0 Å². The SMILES string of the molecule is O=S(=O)(/C=C/c1ccccc1)NCC#CCN1CCOCC1. The molecular formula is C16H20N2O3S. The maximum Gasteiger partial charge on any atom is 0.234 e. The lowest BCUT2D eigenvalue weighted by atomic mass is 10.2. The molecule has 1 heterocycles. The van der Waals surface area contributed by atoms with Crippen LogP contribution in [0.1, 0.15) is 5.56 Å². The van der Waals surface area contributed by atoms with Crippen molar-refractivity contribution in [3.05, 3.63) is 41.3 Å². The molecule has 0 spiro atoms. The minimum Gasteiger partial charge on any atom is -0.379 e. The first-order chi connectivity index (χ1) is 10.7. The van der Waals surface area contributed by atoms with Gasteiger partial charge in [0.25, 0.3) is 0 Å². The van der Waals surface area contributed by atoms with Crippen LogP contribution in [-0.2, 0) is 14.8 Å². The second-order valence-electron chi connectivity index (χ2n) is 4.82. The number of morpholine rings is 1. The molecule has 0 unspecified atom stereocenters. The molecule has 1 aliphatic heterocycles. The molecule has 0 saturated carbocycles. The number of hydrogen-bond donors (Lipinski definition) is 1. The van der Waals surface area contributed by atoms with Crippen LogP contribution in [0.2, 0.25) is 0 Å². The van der Waals surface area contributed by atoms with Crippen LogP contribution in [0, 0.1) is 11.8 Å². The predicted molar refractivity (Wildman–Crippen MR) is 87.4 cm³/mol. The van der Waals surface area contributed by atoms with Crippen molar-refractivity contribution in [3.63, 3.8) is 0 Å². The Bertz CT molecular complexity index is 639. The molecule has 0 radical (unpaired) electrons. The predicted octanol–water partition coefficient (Wildman–Crippen LogP) is 0.912. The van der Waals surface area contributed by atoms with E-state index in [-0.39, 0.29) is 6.54 Å². The fourth-order valence-electron chi connectivity index (χ4n) is 1.91. The van der Waals surface area contributed by atoms with Gasteiger partial charge >= 0.3 is 0 Å². The van der Waals surface area contributed by atoms with Gasteiger partial charge in [0.1, 0.15) is 0 Å². The van der Waals surface area contributed by atoms with Crippen LogP contribution in [0.15, 0.2) is 35.7 Å². The summed E-state index contributed by atoms with van der Waals surface area (Å²) in [5, 5.41) is 1.16. The first kappa shape index (κ1) is 16.7. The zero-order valence-corrected chi connectivity index (χ0v) is 13.2. The molecule has 118 valence electrons. The molecule has 0 amide bonds. The first-order valence-electron chi connectivity index (χ1n) is 7.14. The fourth-order valence-corrected chi connectivity index (χ4v) is 2.61. The number of nitrogens with one attached hydrogen (secondary N) is 1. The zero-order valence-electron chi connectivity index (χ0n) is 12.4. The van der Waals surface area contributed by atoms with Gasteiger partial charge in [-0.05, 0) is 11.6 Å². The van der Waals surface area contributed by atoms with Crippen molar-refractivity contribution in [3.8, 4) is 11.8 Å². The Morgan fingerprint density at radius 1 is 1.18 bits per heavy atom. The maximum atomic E-state index is 11.8. The summed E-state index contributed by atoms with van der Waals surface area (Å²) in [5.74, 6) is 5.80. The lowest BCUT2D eigenvalue weighted by molar-refractivity contribution is 0.0443. The van der Waals surface area contributed by atoms with E-state index in [0.29, 0.717) is 6.54 Å². The molecule has 1 N–H and O–H groups in total. The summed E-state index contributed by atoms with van der Waals surface area (Å²) in [7, 11) is -3.45. The molecule has 22 heavy (non-hydrogen) atoms. The Morgan fingerprint density at radius 3 is 2.64 bits per heavy atom. The summed E-state index contributed by atoms with van der Waals surface area (Å²) in [6.45, 7) is 3.98. The van der Waals surface area contributed by atoms with Gasteiger partial charge in [0.15, 0.2) is 0 Å². The van der Waals surface area contributed by atoms with Gasteiger partial charge in [-0.15, -0.1) is 0 Å². The largest absolute Gasteiger partial charge is 0.379 e. The van der Waals surface area contributed by atoms with Crippen LogP contribution < -0.4 is 4.72 Å². The minimum absolute atomic E-state index is 0.117. The van der Waals surface area contributed by atoms with E-state index in [1.807, 2.05) is 30.3 Å². The van der Waals surface area contributed by atoms with E-state index >= 15 is 0 Å². The number of hydrogen-bond acceptors (Lipinski definition) is 4. The van der Waals surface area contributed by atoms with Gasteiger partial charge in [-0.25, -0.2) is 8.42 Å². The second-order valence-corrected chi connectivity index (χ2v) is 6.47. The molecule has 2 rings (SSSR count). The van der Waals surface area contributed by atoms with Crippen LogP contribution in [0.5, 0.6) is 0 Å². The Hall–Kier alpha value is -1.65. The molecule has 1 fully saturated rings. The summed E-state index contributed by atoms with van der Waals surface area (Å²) >= 11 is 0.